The lowest BCUT2D eigenvalue weighted by Gasteiger charge is -2.04. The zero-order chi connectivity index (χ0) is 8.91. The molecule has 1 unspecified atom stereocenters. The molecule has 5 heteroatoms. The predicted molar refractivity (Wildman–Crippen MR) is 48.8 cm³/mol. The Balaban J connectivity index is 3.54. The Bertz CT molecular complexity index is 189. The number of rotatable bonds is 5. The average molecular weight is 219 g/mol. The van der Waals surface area contributed by atoms with Gasteiger partial charge in [-0.1, -0.05) is 13.3 Å². The fourth-order valence-electron chi connectivity index (χ4n) is 0.726. The van der Waals surface area contributed by atoms with E-state index < -0.39 is 9.05 Å². The molecule has 0 radical (unpaired) electrons. The Morgan fingerprint density at radius 2 is 1.91 bits per heavy atom. The van der Waals surface area contributed by atoms with Gasteiger partial charge in [-0.2, -0.15) is 0 Å². The first kappa shape index (κ1) is 11.5. The summed E-state index contributed by atoms with van der Waals surface area (Å²) in [6.45, 7) is 2.00. The summed E-state index contributed by atoms with van der Waals surface area (Å²) >= 11 is 5.76. The monoisotopic (exact) mass is 218 g/mol. The maximum Gasteiger partial charge on any atom is 0.232 e. The lowest BCUT2D eigenvalue weighted by molar-refractivity contribution is 0.603. The highest BCUT2D eigenvalue weighted by atomic mass is 35.7. The standard InChI is InChI=1S/C6H12Cl2O2S/c1-2-3-6(7)4-5-11(8,9)10/h6H,2-5H2,1H3. The summed E-state index contributed by atoms with van der Waals surface area (Å²) in [7, 11) is 1.64. The van der Waals surface area contributed by atoms with Crippen molar-refractivity contribution >= 4 is 31.3 Å². The van der Waals surface area contributed by atoms with Crippen LogP contribution in [0.5, 0.6) is 0 Å². The van der Waals surface area contributed by atoms with Crippen LogP contribution in [0.1, 0.15) is 26.2 Å². The van der Waals surface area contributed by atoms with Crippen LogP contribution in [-0.2, 0) is 9.05 Å². The van der Waals surface area contributed by atoms with E-state index in [0.717, 1.165) is 12.8 Å². The van der Waals surface area contributed by atoms with E-state index in [9.17, 15) is 8.42 Å². The van der Waals surface area contributed by atoms with Crippen LogP contribution in [0.25, 0.3) is 0 Å². The van der Waals surface area contributed by atoms with E-state index in [2.05, 4.69) is 0 Å². The fourth-order valence-corrected chi connectivity index (χ4v) is 2.02. The van der Waals surface area contributed by atoms with Crippen LogP contribution in [0.3, 0.4) is 0 Å². The SMILES string of the molecule is CCCC(Cl)CCS(=O)(=O)Cl. The molecule has 2 nitrogen and oxygen atoms in total. The van der Waals surface area contributed by atoms with Gasteiger partial charge in [-0.05, 0) is 12.8 Å². The molecule has 0 spiro atoms. The Labute approximate surface area is 77.3 Å². The van der Waals surface area contributed by atoms with Gasteiger partial charge in [0.05, 0.1) is 5.75 Å². The first-order valence-corrected chi connectivity index (χ1v) is 6.43. The van der Waals surface area contributed by atoms with E-state index >= 15 is 0 Å². The molecule has 0 saturated heterocycles. The molecule has 11 heavy (non-hydrogen) atoms. The molecule has 0 N–H and O–H groups in total. The topological polar surface area (TPSA) is 34.1 Å². The van der Waals surface area contributed by atoms with Crippen molar-refractivity contribution in [2.45, 2.75) is 31.6 Å². The van der Waals surface area contributed by atoms with Crippen LogP contribution in [-0.4, -0.2) is 19.5 Å². The van der Waals surface area contributed by atoms with Gasteiger partial charge in [0.1, 0.15) is 0 Å². The lowest BCUT2D eigenvalue weighted by Crippen LogP contribution is -2.05. The Hall–Kier alpha value is 0.530. The second kappa shape index (κ2) is 5.22. The highest BCUT2D eigenvalue weighted by Gasteiger charge is 2.09. The van der Waals surface area contributed by atoms with Crippen molar-refractivity contribution in [1.29, 1.82) is 0 Å². The number of hydrogen-bond donors (Lipinski definition) is 0. The van der Waals surface area contributed by atoms with Gasteiger partial charge >= 0.3 is 0 Å². The molecule has 0 saturated carbocycles. The molecular weight excluding hydrogens is 207 g/mol. The largest absolute Gasteiger partial charge is 0.232 e. The molecule has 0 aliphatic heterocycles. The van der Waals surface area contributed by atoms with Crippen molar-refractivity contribution in [2.24, 2.45) is 0 Å². The van der Waals surface area contributed by atoms with Gasteiger partial charge < -0.3 is 0 Å². The summed E-state index contributed by atoms with van der Waals surface area (Å²) in [6, 6.07) is 0. The fraction of sp³-hybridized carbons (Fsp3) is 1.00. The normalized spacial score (nSPS) is 14.8. The molecule has 0 heterocycles. The number of alkyl halides is 1. The molecule has 0 aliphatic rings. The minimum Gasteiger partial charge on any atom is -0.212 e. The summed E-state index contributed by atoms with van der Waals surface area (Å²) < 4.78 is 20.9. The summed E-state index contributed by atoms with van der Waals surface area (Å²) in [5, 5.41) is -0.0616. The van der Waals surface area contributed by atoms with Gasteiger partial charge in [0.2, 0.25) is 9.05 Å². The third-order valence-electron chi connectivity index (χ3n) is 1.28. The van der Waals surface area contributed by atoms with Gasteiger partial charge in [-0.15, -0.1) is 11.6 Å². The van der Waals surface area contributed by atoms with Crippen LogP contribution in [0.15, 0.2) is 0 Å². The van der Waals surface area contributed by atoms with Crippen molar-refractivity contribution in [2.75, 3.05) is 5.75 Å². The second-order valence-corrected chi connectivity index (χ2v) is 5.93. The zero-order valence-corrected chi connectivity index (χ0v) is 8.71. The van der Waals surface area contributed by atoms with Crippen molar-refractivity contribution in [3.8, 4) is 0 Å². The second-order valence-electron chi connectivity index (χ2n) is 2.42. The molecule has 68 valence electrons. The van der Waals surface area contributed by atoms with Gasteiger partial charge in [-0.25, -0.2) is 8.42 Å². The molecule has 0 bridgehead atoms. The molecule has 0 aromatic heterocycles. The van der Waals surface area contributed by atoms with Crippen molar-refractivity contribution < 1.29 is 8.42 Å². The van der Waals surface area contributed by atoms with Gasteiger partial charge in [-0.3, -0.25) is 0 Å². The molecule has 0 aromatic rings. The van der Waals surface area contributed by atoms with E-state index in [0.29, 0.717) is 6.42 Å². The smallest absolute Gasteiger partial charge is 0.212 e. The van der Waals surface area contributed by atoms with E-state index in [-0.39, 0.29) is 11.1 Å². The van der Waals surface area contributed by atoms with Crippen LogP contribution < -0.4 is 0 Å². The highest BCUT2D eigenvalue weighted by molar-refractivity contribution is 8.13. The molecule has 0 aromatic carbocycles. The predicted octanol–water partition coefficient (Wildman–Crippen LogP) is 2.35. The molecule has 1 atom stereocenters. The maximum absolute atomic E-state index is 10.4. The van der Waals surface area contributed by atoms with Crippen LogP contribution >= 0.6 is 22.3 Å². The third-order valence-corrected chi connectivity index (χ3v) is 2.90. The van der Waals surface area contributed by atoms with Gasteiger partial charge in [0, 0.05) is 16.1 Å². The summed E-state index contributed by atoms with van der Waals surface area (Å²) in [4.78, 5) is 0. The zero-order valence-electron chi connectivity index (χ0n) is 6.39. The van der Waals surface area contributed by atoms with Crippen LogP contribution in [0.2, 0.25) is 0 Å². The summed E-state index contributed by atoms with van der Waals surface area (Å²) in [6.07, 6.45) is 2.26. The van der Waals surface area contributed by atoms with Crippen molar-refractivity contribution in [1.82, 2.24) is 0 Å². The van der Waals surface area contributed by atoms with Crippen molar-refractivity contribution in [3.63, 3.8) is 0 Å². The molecule has 0 amide bonds. The molecule has 0 rings (SSSR count). The Kier molecular flexibility index (Phi) is 5.48. The molecule has 0 aliphatic carbocycles. The quantitative estimate of drug-likeness (QED) is 0.525. The summed E-state index contributed by atoms with van der Waals surface area (Å²) in [5.41, 5.74) is 0. The van der Waals surface area contributed by atoms with Gasteiger partial charge in [0.25, 0.3) is 0 Å². The minimum absolute atomic E-state index is 0.0251. The lowest BCUT2D eigenvalue weighted by atomic mass is 10.2. The van der Waals surface area contributed by atoms with E-state index in [1.807, 2.05) is 6.92 Å². The maximum atomic E-state index is 10.4. The Morgan fingerprint density at radius 3 is 2.27 bits per heavy atom. The first-order valence-electron chi connectivity index (χ1n) is 3.52. The third kappa shape index (κ3) is 8.44. The molecule has 0 fully saturated rings. The first-order chi connectivity index (χ1) is 4.95. The van der Waals surface area contributed by atoms with Crippen molar-refractivity contribution in [3.05, 3.63) is 0 Å². The molecular formula is C6H12Cl2O2S. The van der Waals surface area contributed by atoms with E-state index in [1.54, 1.807) is 0 Å². The number of halogens is 2. The summed E-state index contributed by atoms with van der Waals surface area (Å²) in [5.74, 6) is -0.0251. The van der Waals surface area contributed by atoms with Gasteiger partial charge in [0.15, 0.2) is 0 Å². The van der Waals surface area contributed by atoms with Crippen LogP contribution in [0, 0.1) is 0 Å². The Morgan fingerprint density at radius 1 is 1.36 bits per heavy atom. The highest BCUT2D eigenvalue weighted by Crippen LogP contribution is 2.12. The van der Waals surface area contributed by atoms with E-state index in [1.165, 1.54) is 0 Å². The minimum atomic E-state index is -3.35. The van der Waals surface area contributed by atoms with E-state index in [4.69, 9.17) is 22.3 Å². The number of hydrogen-bond acceptors (Lipinski definition) is 2. The average Bonchev–Trinajstić information content (AvgIpc) is 1.83. The van der Waals surface area contributed by atoms with Crippen LogP contribution in [0.4, 0.5) is 0 Å².